The van der Waals surface area contributed by atoms with Gasteiger partial charge in [0.1, 0.15) is 17.3 Å². The Kier molecular flexibility index (Phi) is 9.10. The molecule has 0 radical (unpaired) electrons. The molecule has 1 aliphatic rings. The van der Waals surface area contributed by atoms with Crippen molar-refractivity contribution in [3.8, 4) is 11.5 Å². The predicted molar refractivity (Wildman–Crippen MR) is 130 cm³/mol. The minimum Gasteiger partial charge on any atom is -0.507 e. The molecule has 7 heteroatoms. The van der Waals surface area contributed by atoms with Crippen molar-refractivity contribution in [3.63, 3.8) is 0 Å². The Balaban J connectivity index is 1.96. The molecule has 1 N–H and O–H groups in total. The number of nitrogens with zero attached hydrogens (tertiary/aromatic N) is 1. The summed E-state index contributed by atoms with van der Waals surface area (Å²) in [7, 11) is 3.14. The highest BCUT2D eigenvalue weighted by Gasteiger charge is 2.45. The van der Waals surface area contributed by atoms with Gasteiger partial charge in [0.15, 0.2) is 0 Å². The molecule has 1 aliphatic heterocycles. The molecule has 2 aromatic rings. The number of carbonyl (C=O) groups is 2. The third-order valence-electron chi connectivity index (χ3n) is 5.84. The number of ether oxygens (including phenoxy) is 3. The van der Waals surface area contributed by atoms with Crippen LogP contribution in [0.1, 0.15) is 49.8 Å². The topological polar surface area (TPSA) is 85.3 Å². The number of benzene rings is 2. The summed E-state index contributed by atoms with van der Waals surface area (Å²) in [5, 5.41) is 11.2. The molecule has 34 heavy (non-hydrogen) atoms. The normalized spacial score (nSPS) is 17.3. The predicted octanol–water partition coefficient (Wildman–Crippen LogP) is 4.72. The monoisotopic (exact) mass is 467 g/mol. The number of carbonyl (C=O) groups excluding carboxylic acids is 2. The summed E-state index contributed by atoms with van der Waals surface area (Å²) in [6.07, 6.45) is 3.76. The molecule has 7 nitrogen and oxygen atoms in total. The number of unbranched alkanes of at least 4 members (excludes halogenated alkanes) is 2. The van der Waals surface area contributed by atoms with E-state index in [0.717, 1.165) is 19.3 Å². The van der Waals surface area contributed by atoms with Crippen LogP contribution in [0.4, 0.5) is 0 Å². The molecule has 0 spiro atoms. The van der Waals surface area contributed by atoms with Crippen molar-refractivity contribution in [1.82, 2.24) is 4.90 Å². The molecule has 0 aromatic heterocycles. The van der Waals surface area contributed by atoms with Crippen molar-refractivity contribution in [3.05, 3.63) is 65.2 Å². The number of amides is 1. The molecule has 1 heterocycles. The first kappa shape index (κ1) is 25.3. The van der Waals surface area contributed by atoms with Gasteiger partial charge >= 0.3 is 0 Å². The number of ketones is 1. The Morgan fingerprint density at radius 3 is 2.41 bits per heavy atom. The van der Waals surface area contributed by atoms with Crippen LogP contribution in [0.15, 0.2) is 54.1 Å². The summed E-state index contributed by atoms with van der Waals surface area (Å²) in [5.41, 5.74) is 1.20. The molecule has 2 aromatic carbocycles. The lowest BCUT2D eigenvalue weighted by Gasteiger charge is -2.25. The van der Waals surface area contributed by atoms with E-state index in [4.69, 9.17) is 14.2 Å². The molecule has 0 saturated carbocycles. The molecule has 0 bridgehead atoms. The molecule has 1 saturated heterocycles. The van der Waals surface area contributed by atoms with Gasteiger partial charge in [-0.05, 0) is 54.8 Å². The largest absolute Gasteiger partial charge is 0.507 e. The smallest absolute Gasteiger partial charge is 0.295 e. The van der Waals surface area contributed by atoms with Crippen molar-refractivity contribution in [2.45, 2.75) is 38.6 Å². The standard InChI is InChI=1S/C27H33NO6/c1-4-5-6-17-34-21-13-11-19(12-14-21)25(29)23-24(20-9-7-10-22(18-20)33-3)28(15-8-16-32-2)27(31)26(23)30/h7,9-14,18,24,29H,4-6,8,15-17H2,1-3H3/b25-23-. The van der Waals surface area contributed by atoms with Gasteiger partial charge in [0.2, 0.25) is 0 Å². The molecular weight excluding hydrogens is 434 g/mol. The van der Waals surface area contributed by atoms with Gasteiger partial charge in [0.25, 0.3) is 11.7 Å². The highest BCUT2D eigenvalue weighted by molar-refractivity contribution is 6.46. The van der Waals surface area contributed by atoms with Crippen molar-refractivity contribution in [2.75, 3.05) is 34.0 Å². The number of hydrogen-bond donors (Lipinski definition) is 1. The molecule has 1 amide bonds. The van der Waals surface area contributed by atoms with Gasteiger partial charge in [-0.25, -0.2) is 0 Å². The fourth-order valence-corrected chi connectivity index (χ4v) is 4.05. The number of rotatable bonds is 12. The lowest BCUT2D eigenvalue weighted by Crippen LogP contribution is -2.31. The fourth-order valence-electron chi connectivity index (χ4n) is 4.05. The molecule has 0 aliphatic carbocycles. The highest BCUT2D eigenvalue weighted by atomic mass is 16.5. The SMILES string of the molecule is CCCCCOc1ccc(/C(O)=C2/C(=O)C(=O)N(CCCOC)C2c2cccc(OC)c2)cc1. The zero-order valence-electron chi connectivity index (χ0n) is 20.1. The van der Waals surface area contributed by atoms with Crippen LogP contribution in [0.25, 0.3) is 5.76 Å². The Morgan fingerprint density at radius 1 is 0.971 bits per heavy atom. The van der Waals surface area contributed by atoms with Crippen molar-refractivity contribution in [1.29, 1.82) is 0 Å². The van der Waals surface area contributed by atoms with E-state index in [0.29, 0.717) is 48.8 Å². The maximum absolute atomic E-state index is 13.1. The van der Waals surface area contributed by atoms with E-state index in [1.807, 2.05) is 6.07 Å². The zero-order chi connectivity index (χ0) is 24.5. The van der Waals surface area contributed by atoms with Gasteiger partial charge in [-0.3, -0.25) is 9.59 Å². The first-order chi connectivity index (χ1) is 16.5. The van der Waals surface area contributed by atoms with Gasteiger partial charge < -0.3 is 24.2 Å². The quantitative estimate of drug-likeness (QED) is 0.210. The van der Waals surface area contributed by atoms with E-state index in [1.54, 1.807) is 56.7 Å². The Labute approximate surface area is 200 Å². The van der Waals surface area contributed by atoms with Crippen LogP contribution >= 0.6 is 0 Å². The summed E-state index contributed by atoms with van der Waals surface area (Å²) >= 11 is 0. The second kappa shape index (κ2) is 12.2. The lowest BCUT2D eigenvalue weighted by molar-refractivity contribution is -0.140. The van der Waals surface area contributed by atoms with E-state index < -0.39 is 17.7 Å². The van der Waals surface area contributed by atoms with Crippen LogP contribution in [0.5, 0.6) is 11.5 Å². The van der Waals surface area contributed by atoms with Crippen LogP contribution in [0, 0.1) is 0 Å². The summed E-state index contributed by atoms with van der Waals surface area (Å²) < 4.78 is 16.2. The number of hydrogen-bond acceptors (Lipinski definition) is 6. The maximum atomic E-state index is 13.1. The van der Waals surface area contributed by atoms with Crippen LogP contribution in [-0.4, -0.2) is 55.7 Å². The van der Waals surface area contributed by atoms with Crippen molar-refractivity contribution < 1.29 is 28.9 Å². The number of aliphatic hydroxyl groups is 1. The van der Waals surface area contributed by atoms with E-state index in [2.05, 4.69) is 6.92 Å². The Morgan fingerprint density at radius 2 is 1.74 bits per heavy atom. The van der Waals surface area contributed by atoms with Crippen LogP contribution < -0.4 is 9.47 Å². The minimum absolute atomic E-state index is 0.0623. The third-order valence-corrected chi connectivity index (χ3v) is 5.84. The summed E-state index contributed by atoms with van der Waals surface area (Å²) in [5.74, 6) is -0.261. The number of methoxy groups -OCH3 is 2. The zero-order valence-corrected chi connectivity index (χ0v) is 20.1. The van der Waals surface area contributed by atoms with Crippen molar-refractivity contribution >= 4 is 17.4 Å². The average Bonchev–Trinajstić information content (AvgIpc) is 3.12. The van der Waals surface area contributed by atoms with Crippen LogP contribution in [-0.2, 0) is 14.3 Å². The first-order valence-electron chi connectivity index (χ1n) is 11.7. The Hall–Kier alpha value is -3.32. The molecular formula is C27H33NO6. The molecule has 3 rings (SSSR count). The average molecular weight is 468 g/mol. The second-order valence-electron chi connectivity index (χ2n) is 8.20. The van der Waals surface area contributed by atoms with Gasteiger partial charge in [-0.1, -0.05) is 31.9 Å². The summed E-state index contributed by atoms with van der Waals surface area (Å²) in [4.78, 5) is 27.5. The second-order valence-corrected chi connectivity index (χ2v) is 8.20. The Bertz CT molecular complexity index is 1010. The lowest BCUT2D eigenvalue weighted by atomic mass is 9.95. The van der Waals surface area contributed by atoms with Gasteiger partial charge in [-0.15, -0.1) is 0 Å². The third kappa shape index (κ3) is 5.78. The molecule has 182 valence electrons. The molecule has 1 fully saturated rings. The minimum atomic E-state index is -0.725. The number of aliphatic hydroxyl groups excluding tert-OH is 1. The van der Waals surface area contributed by atoms with E-state index >= 15 is 0 Å². The summed E-state index contributed by atoms with van der Waals surface area (Å²) in [6.45, 7) is 3.54. The highest BCUT2D eigenvalue weighted by Crippen LogP contribution is 2.40. The van der Waals surface area contributed by atoms with Gasteiger partial charge in [0.05, 0.1) is 25.3 Å². The van der Waals surface area contributed by atoms with Gasteiger partial charge in [0, 0.05) is 25.8 Å². The van der Waals surface area contributed by atoms with Crippen LogP contribution in [0.2, 0.25) is 0 Å². The number of Topliss-reactive ketones (excluding diaryl/α,β-unsaturated/α-hetero) is 1. The molecule has 1 atom stereocenters. The maximum Gasteiger partial charge on any atom is 0.295 e. The van der Waals surface area contributed by atoms with Crippen LogP contribution in [0.3, 0.4) is 0 Å². The molecule has 1 unspecified atom stereocenters. The summed E-state index contributed by atoms with van der Waals surface area (Å²) in [6, 6.07) is 13.4. The first-order valence-corrected chi connectivity index (χ1v) is 11.7. The van der Waals surface area contributed by atoms with E-state index in [-0.39, 0.29) is 11.3 Å². The van der Waals surface area contributed by atoms with Crippen molar-refractivity contribution in [2.24, 2.45) is 0 Å². The van der Waals surface area contributed by atoms with E-state index in [9.17, 15) is 14.7 Å². The number of likely N-dealkylation sites (tertiary alicyclic amines) is 1. The fraction of sp³-hybridized carbons (Fsp3) is 0.407. The van der Waals surface area contributed by atoms with E-state index in [1.165, 1.54) is 4.90 Å². The van der Waals surface area contributed by atoms with Gasteiger partial charge in [-0.2, -0.15) is 0 Å².